The number of aromatic nitrogens is 2. The fourth-order valence-corrected chi connectivity index (χ4v) is 3.77. The van der Waals surface area contributed by atoms with Crippen molar-refractivity contribution in [1.82, 2.24) is 9.97 Å². The van der Waals surface area contributed by atoms with E-state index >= 15 is 0 Å². The molecule has 0 aliphatic rings. The van der Waals surface area contributed by atoms with Gasteiger partial charge in [-0.1, -0.05) is 15.9 Å². The fourth-order valence-electron chi connectivity index (χ4n) is 3.33. The van der Waals surface area contributed by atoms with E-state index in [2.05, 4.69) is 37.3 Å². The van der Waals surface area contributed by atoms with Crippen molar-refractivity contribution in [1.29, 1.82) is 5.26 Å². The summed E-state index contributed by atoms with van der Waals surface area (Å²) in [5, 5.41) is 12.4. The summed E-state index contributed by atoms with van der Waals surface area (Å²) in [6, 6.07) is 14.9. The number of hydrogen-bond donors (Lipinski definition) is 2. The Hall–Kier alpha value is -4.23. The first kappa shape index (κ1) is 24.9. The number of nitriles is 1. The molecule has 1 aromatic heterocycles. The molecule has 0 saturated heterocycles. The molecule has 4 rings (SSSR count). The lowest BCUT2D eigenvalue weighted by atomic mass is 10.1. The van der Waals surface area contributed by atoms with Gasteiger partial charge in [0.2, 0.25) is 0 Å². The van der Waals surface area contributed by atoms with Crippen LogP contribution >= 0.6 is 15.9 Å². The smallest absolute Gasteiger partial charge is 0.262 e. The maximum Gasteiger partial charge on any atom is 0.262 e. The molecular weight excluding hydrogens is 534 g/mol. The van der Waals surface area contributed by atoms with E-state index in [-0.39, 0.29) is 12.2 Å². The van der Waals surface area contributed by atoms with Gasteiger partial charge in [-0.05, 0) is 73.2 Å². The van der Waals surface area contributed by atoms with E-state index < -0.39 is 17.5 Å². The Morgan fingerprint density at radius 3 is 2.56 bits per heavy atom. The highest BCUT2D eigenvalue weighted by Gasteiger charge is 2.15. The van der Waals surface area contributed by atoms with Crippen molar-refractivity contribution >= 4 is 50.2 Å². The van der Waals surface area contributed by atoms with Crippen LogP contribution in [0.5, 0.6) is 11.5 Å². The number of halogens is 3. The number of H-pyrrole nitrogens is 1. The molecule has 0 fully saturated rings. The van der Waals surface area contributed by atoms with Crippen molar-refractivity contribution < 1.29 is 23.0 Å². The molecule has 0 bridgehead atoms. The molecule has 182 valence electrons. The molecule has 0 unspecified atom stereocenters. The van der Waals surface area contributed by atoms with E-state index in [1.165, 1.54) is 42.5 Å². The first-order valence-electron chi connectivity index (χ1n) is 10.8. The Morgan fingerprint density at radius 1 is 1.11 bits per heavy atom. The average molecular weight is 553 g/mol. The first-order valence-corrected chi connectivity index (χ1v) is 11.6. The third-order valence-electron chi connectivity index (χ3n) is 4.97. The number of nitrogens with one attached hydrogen (secondary N) is 2. The minimum atomic E-state index is -0.433. The van der Waals surface area contributed by atoms with Crippen molar-refractivity contribution in [2.75, 3.05) is 18.5 Å². The topological polar surface area (TPSA) is 100 Å². The number of allylic oxidation sites excluding steroid dienone is 1. The Morgan fingerprint density at radius 2 is 1.83 bits per heavy atom. The van der Waals surface area contributed by atoms with Crippen LogP contribution in [0.2, 0.25) is 0 Å². The van der Waals surface area contributed by atoms with E-state index in [0.29, 0.717) is 50.7 Å². The van der Waals surface area contributed by atoms with Crippen LogP contribution in [0.25, 0.3) is 22.7 Å². The molecule has 7 nitrogen and oxygen atoms in total. The minimum Gasteiger partial charge on any atom is -0.490 e. The second-order valence-corrected chi connectivity index (χ2v) is 8.37. The Kier molecular flexibility index (Phi) is 7.61. The standard InChI is InChI=1S/C26H19BrF2N4O3/c1-2-35-23-10-15(9-16(13-30)26-32-21-8-5-18(29)11-22(21)33-26)20(27)12-24(23)36-14-25(34)31-19-6-3-17(28)4-7-19/h3-12H,2,14H2,1H3,(H,31,34)(H,32,33)/b16-9-. The van der Waals surface area contributed by atoms with Gasteiger partial charge in [-0.2, -0.15) is 5.26 Å². The molecule has 0 saturated carbocycles. The number of carbonyl (C=O) groups is 1. The second-order valence-electron chi connectivity index (χ2n) is 7.51. The molecule has 0 atom stereocenters. The lowest BCUT2D eigenvalue weighted by Gasteiger charge is -2.14. The van der Waals surface area contributed by atoms with Crippen LogP contribution in [-0.4, -0.2) is 29.1 Å². The zero-order chi connectivity index (χ0) is 25.7. The summed E-state index contributed by atoms with van der Waals surface area (Å²) in [5.41, 5.74) is 2.27. The molecule has 3 aromatic carbocycles. The molecule has 2 N–H and O–H groups in total. The maximum atomic E-state index is 13.5. The number of fused-ring (bicyclic) bond motifs is 1. The predicted octanol–water partition coefficient (Wildman–Crippen LogP) is 6.08. The van der Waals surface area contributed by atoms with Crippen molar-refractivity contribution in [2.24, 2.45) is 0 Å². The third-order valence-corrected chi connectivity index (χ3v) is 5.66. The van der Waals surface area contributed by atoms with Crippen LogP contribution < -0.4 is 14.8 Å². The molecule has 0 radical (unpaired) electrons. The molecule has 4 aromatic rings. The first-order chi connectivity index (χ1) is 17.4. The van der Waals surface area contributed by atoms with Crippen molar-refractivity contribution in [2.45, 2.75) is 6.92 Å². The zero-order valence-electron chi connectivity index (χ0n) is 18.9. The number of anilines is 1. The van der Waals surface area contributed by atoms with Gasteiger partial charge in [0, 0.05) is 10.2 Å². The van der Waals surface area contributed by atoms with Crippen LogP contribution in [-0.2, 0) is 4.79 Å². The second kappa shape index (κ2) is 11.0. The van der Waals surface area contributed by atoms with Gasteiger partial charge in [-0.15, -0.1) is 0 Å². The Bertz CT molecular complexity index is 1490. The van der Waals surface area contributed by atoms with Gasteiger partial charge in [-0.25, -0.2) is 13.8 Å². The Balaban J connectivity index is 1.56. The lowest BCUT2D eigenvalue weighted by Crippen LogP contribution is -2.20. The number of amides is 1. The third kappa shape index (κ3) is 5.87. The molecule has 0 aliphatic heterocycles. The van der Waals surface area contributed by atoms with E-state index in [0.717, 1.165) is 0 Å². The number of nitrogens with zero attached hydrogens (tertiary/aromatic N) is 2. The van der Waals surface area contributed by atoms with Gasteiger partial charge in [0.15, 0.2) is 18.1 Å². The van der Waals surface area contributed by atoms with Gasteiger partial charge in [0.1, 0.15) is 23.5 Å². The minimum absolute atomic E-state index is 0.224. The van der Waals surface area contributed by atoms with E-state index in [1.54, 1.807) is 25.1 Å². The number of benzene rings is 3. The highest BCUT2D eigenvalue weighted by molar-refractivity contribution is 9.10. The summed E-state index contributed by atoms with van der Waals surface area (Å²) in [4.78, 5) is 19.6. The summed E-state index contributed by atoms with van der Waals surface area (Å²) < 4.78 is 38.5. The number of aromatic amines is 1. The van der Waals surface area contributed by atoms with Crippen molar-refractivity contribution in [3.63, 3.8) is 0 Å². The van der Waals surface area contributed by atoms with Crippen molar-refractivity contribution in [3.8, 4) is 17.6 Å². The van der Waals surface area contributed by atoms with Crippen LogP contribution in [0, 0.1) is 23.0 Å². The average Bonchev–Trinajstić information content (AvgIpc) is 3.27. The SMILES string of the molecule is CCOc1cc(/C=C(/C#N)c2nc3ccc(F)cc3[nH]2)c(Br)cc1OCC(=O)Nc1ccc(F)cc1. The van der Waals surface area contributed by atoms with Crippen LogP contribution in [0.15, 0.2) is 59.1 Å². The molecule has 36 heavy (non-hydrogen) atoms. The maximum absolute atomic E-state index is 13.5. The van der Waals surface area contributed by atoms with Gasteiger partial charge >= 0.3 is 0 Å². The van der Waals surface area contributed by atoms with Gasteiger partial charge in [-0.3, -0.25) is 4.79 Å². The van der Waals surface area contributed by atoms with Gasteiger partial charge < -0.3 is 19.8 Å². The summed E-state index contributed by atoms with van der Waals surface area (Å²) in [6.07, 6.45) is 1.60. The summed E-state index contributed by atoms with van der Waals surface area (Å²) >= 11 is 3.47. The highest BCUT2D eigenvalue weighted by atomic mass is 79.9. The van der Waals surface area contributed by atoms with Crippen molar-refractivity contribution in [3.05, 3.63) is 82.1 Å². The number of imidazole rings is 1. The monoisotopic (exact) mass is 552 g/mol. The molecular formula is C26H19BrF2N4O3. The normalized spacial score (nSPS) is 11.2. The highest BCUT2D eigenvalue weighted by Crippen LogP contribution is 2.35. The molecule has 1 heterocycles. The van der Waals surface area contributed by atoms with Crippen LogP contribution in [0.1, 0.15) is 18.3 Å². The quantitative estimate of drug-likeness (QED) is 0.258. The fraction of sp³-hybridized carbons (Fsp3) is 0.115. The molecule has 1 amide bonds. The van der Waals surface area contributed by atoms with Crippen LogP contribution in [0.4, 0.5) is 14.5 Å². The van der Waals surface area contributed by atoms with E-state index in [4.69, 9.17) is 9.47 Å². The van der Waals surface area contributed by atoms with E-state index in [9.17, 15) is 18.8 Å². The van der Waals surface area contributed by atoms with E-state index in [1.807, 2.05) is 0 Å². The van der Waals surface area contributed by atoms with Gasteiger partial charge in [0.05, 0.1) is 23.2 Å². The summed E-state index contributed by atoms with van der Waals surface area (Å²) in [7, 11) is 0. The number of carbonyl (C=O) groups excluding carboxylic acids is 1. The predicted molar refractivity (Wildman–Crippen MR) is 135 cm³/mol. The van der Waals surface area contributed by atoms with Gasteiger partial charge in [0.25, 0.3) is 5.91 Å². The summed E-state index contributed by atoms with van der Waals surface area (Å²) in [5.74, 6) is -0.277. The Labute approximate surface area is 213 Å². The lowest BCUT2D eigenvalue weighted by molar-refractivity contribution is -0.118. The number of hydrogen-bond acceptors (Lipinski definition) is 5. The summed E-state index contributed by atoms with van der Waals surface area (Å²) in [6.45, 7) is 1.83. The molecule has 0 spiro atoms. The zero-order valence-corrected chi connectivity index (χ0v) is 20.5. The largest absolute Gasteiger partial charge is 0.490 e. The number of rotatable bonds is 8. The number of ether oxygens (including phenoxy) is 2. The molecule has 0 aliphatic carbocycles. The molecule has 10 heteroatoms. The van der Waals surface area contributed by atoms with Crippen LogP contribution in [0.3, 0.4) is 0 Å².